The van der Waals surface area contributed by atoms with Gasteiger partial charge in [-0.2, -0.15) is 0 Å². The number of nitrogens with one attached hydrogen (secondary N) is 3. The molecule has 0 fully saturated rings. The van der Waals surface area contributed by atoms with Crippen molar-refractivity contribution in [1.29, 1.82) is 0 Å². The van der Waals surface area contributed by atoms with E-state index in [0.29, 0.717) is 12.8 Å². The van der Waals surface area contributed by atoms with Gasteiger partial charge in [-0.25, -0.2) is 4.79 Å². The highest BCUT2D eigenvalue weighted by Gasteiger charge is 2.33. The zero-order chi connectivity index (χ0) is 26.6. The van der Waals surface area contributed by atoms with E-state index in [2.05, 4.69) is 16.0 Å². The summed E-state index contributed by atoms with van der Waals surface area (Å²) in [6, 6.07) is -5.35. The van der Waals surface area contributed by atoms with Crippen LogP contribution in [0.25, 0.3) is 0 Å². The molecule has 5 atom stereocenters. The van der Waals surface area contributed by atoms with E-state index in [1.54, 1.807) is 13.8 Å². The monoisotopic (exact) mass is 488 g/mol. The number of hydrogen-bond donors (Lipinski definition) is 7. The Labute approximate surface area is 197 Å². The average Bonchev–Trinajstić information content (AvgIpc) is 2.72. The Hall–Kier alpha value is -3.22. The summed E-state index contributed by atoms with van der Waals surface area (Å²) < 4.78 is 0. The normalized spacial score (nSPS) is 15.4. The van der Waals surface area contributed by atoms with E-state index >= 15 is 0 Å². The maximum atomic E-state index is 12.8. The van der Waals surface area contributed by atoms with Crippen molar-refractivity contribution in [2.75, 3.05) is 0 Å². The van der Waals surface area contributed by atoms with Crippen LogP contribution in [0.4, 0.5) is 0 Å². The molecule has 0 heterocycles. The summed E-state index contributed by atoms with van der Waals surface area (Å²) >= 11 is 0. The molecule has 0 aliphatic rings. The number of amides is 3. The number of hydrogen-bond acceptors (Lipinski definition) is 7. The zero-order valence-electron chi connectivity index (χ0n) is 19.9. The molecule has 0 aromatic carbocycles. The molecule has 34 heavy (non-hydrogen) atoms. The second-order valence-corrected chi connectivity index (χ2v) is 8.60. The third-order valence-electron chi connectivity index (χ3n) is 5.13. The third kappa shape index (κ3) is 11.6. The lowest BCUT2D eigenvalue weighted by Crippen LogP contribution is -2.58. The Bertz CT molecular complexity index is 757. The summed E-state index contributed by atoms with van der Waals surface area (Å²) in [6.45, 7) is 6.96. The van der Waals surface area contributed by atoms with Crippen LogP contribution in [0.15, 0.2) is 0 Å². The predicted octanol–water partition coefficient (Wildman–Crippen LogP) is -0.716. The van der Waals surface area contributed by atoms with Crippen molar-refractivity contribution in [2.45, 2.75) is 84.0 Å². The minimum atomic E-state index is -1.66. The van der Waals surface area contributed by atoms with Gasteiger partial charge in [-0.05, 0) is 24.7 Å². The minimum Gasteiger partial charge on any atom is -0.481 e. The first-order chi connectivity index (χ1) is 15.7. The first-order valence-corrected chi connectivity index (χ1v) is 11.0. The van der Waals surface area contributed by atoms with Gasteiger partial charge in [0.25, 0.3) is 0 Å². The summed E-state index contributed by atoms with van der Waals surface area (Å²) in [5.41, 5.74) is 5.81. The van der Waals surface area contributed by atoms with Crippen LogP contribution in [0.3, 0.4) is 0 Å². The predicted molar refractivity (Wildman–Crippen MR) is 119 cm³/mol. The summed E-state index contributed by atoms with van der Waals surface area (Å²) in [5, 5.41) is 34.2. The average molecular weight is 489 g/mol. The van der Waals surface area contributed by atoms with Crippen molar-refractivity contribution >= 4 is 35.6 Å². The van der Waals surface area contributed by atoms with E-state index in [-0.39, 0.29) is 12.3 Å². The standard InChI is InChI=1S/C21H36N4O9/c1-5-11(4)17(21(33)34)25-20(32)14(9-16(28)29)24-19(31)13(6-7-15(26)27)23-18(30)12(22)8-10(2)3/h10-14,17H,5-9,22H2,1-4H3,(H,23,30)(H,24,31)(H,25,32)(H,26,27)(H,28,29)(H,33,34). The molecule has 0 spiro atoms. The highest BCUT2D eigenvalue weighted by atomic mass is 16.4. The number of carbonyl (C=O) groups is 6. The number of rotatable bonds is 16. The molecule has 5 unspecified atom stereocenters. The second kappa shape index (κ2) is 14.8. The quantitative estimate of drug-likeness (QED) is 0.144. The molecule has 0 aromatic rings. The molecule has 0 radical (unpaired) electrons. The Morgan fingerprint density at radius 2 is 1.32 bits per heavy atom. The molecule has 13 heteroatoms. The molecule has 0 aromatic heterocycles. The minimum absolute atomic E-state index is 0.0726. The molecule has 0 saturated heterocycles. The number of aliphatic carboxylic acids is 3. The van der Waals surface area contributed by atoms with Crippen molar-refractivity contribution in [3.05, 3.63) is 0 Å². The van der Waals surface area contributed by atoms with Gasteiger partial charge in [0, 0.05) is 6.42 Å². The lowest BCUT2D eigenvalue weighted by atomic mass is 9.98. The summed E-state index contributed by atoms with van der Waals surface area (Å²) in [5.74, 6) is -7.16. The van der Waals surface area contributed by atoms with E-state index in [1.165, 1.54) is 0 Å². The van der Waals surface area contributed by atoms with E-state index in [9.17, 15) is 33.9 Å². The van der Waals surface area contributed by atoms with Crippen LogP contribution in [-0.4, -0.2) is 75.1 Å². The number of nitrogens with two attached hydrogens (primary N) is 1. The van der Waals surface area contributed by atoms with Gasteiger partial charge < -0.3 is 37.0 Å². The summed E-state index contributed by atoms with van der Waals surface area (Å²) in [4.78, 5) is 71.5. The molecule has 0 aliphatic carbocycles. The Balaban J connectivity index is 5.63. The maximum Gasteiger partial charge on any atom is 0.326 e. The van der Waals surface area contributed by atoms with Gasteiger partial charge in [-0.3, -0.25) is 24.0 Å². The second-order valence-electron chi connectivity index (χ2n) is 8.60. The molecular weight excluding hydrogens is 452 g/mol. The van der Waals surface area contributed by atoms with Crippen LogP contribution in [0.2, 0.25) is 0 Å². The lowest BCUT2D eigenvalue weighted by Gasteiger charge is -2.26. The molecule has 0 saturated carbocycles. The molecule has 0 bridgehead atoms. The van der Waals surface area contributed by atoms with Gasteiger partial charge in [0.15, 0.2) is 0 Å². The van der Waals surface area contributed by atoms with Crippen molar-refractivity contribution in [3.63, 3.8) is 0 Å². The van der Waals surface area contributed by atoms with E-state index in [4.69, 9.17) is 15.9 Å². The molecule has 8 N–H and O–H groups in total. The summed E-state index contributed by atoms with van der Waals surface area (Å²) in [6.07, 6.45) is -0.991. The largest absolute Gasteiger partial charge is 0.481 e. The first kappa shape index (κ1) is 30.8. The fourth-order valence-corrected chi connectivity index (χ4v) is 3.02. The fourth-order valence-electron chi connectivity index (χ4n) is 3.02. The van der Waals surface area contributed by atoms with Crippen LogP contribution >= 0.6 is 0 Å². The van der Waals surface area contributed by atoms with Crippen LogP contribution < -0.4 is 21.7 Å². The van der Waals surface area contributed by atoms with Crippen LogP contribution in [0.1, 0.15) is 59.8 Å². The summed E-state index contributed by atoms with van der Waals surface area (Å²) in [7, 11) is 0. The zero-order valence-corrected chi connectivity index (χ0v) is 19.9. The first-order valence-electron chi connectivity index (χ1n) is 11.0. The molecule has 194 valence electrons. The number of carboxylic acids is 3. The highest BCUT2D eigenvalue weighted by molar-refractivity contribution is 5.95. The van der Waals surface area contributed by atoms with Gasteiger partial charge >= 0.3 is 17.9 Å². The topological polar surface area (TPSA) is 225 Å². The van der Waals surface area contributed by atoms with Crippen LogP contribution in [0.5, 0.6) is 0 Å². The van der Waals surface area contributed by atoms with Crippen molar-refractivity contribution < 1.29 is 44.1 Å². The smallest absolute Gasteiger partial charge is 0.326 e. The fraction of sp³-hybridized carbons (Fsp3) is 0.714. The molecular formula is C21H36N4O9. The van der Waals surface area contributed by atoms with E-state index in [0.717, 1.165) is 0 Å². The van der Waals surface area contributed by atoms with Crippen molar-refractivity contribution in [3.8, 4) is 0 Å². The van der Waals surface area contributed by atoms with Gasteiger partial charge in [0.1, 0.15) is 18.1 Å². The van der Waals surface area contributed by atoms with E-state index in [1.807, 2.05) is 13.8 Å². The SMILES string of the molecule is CCC(C)C(NC(=O)C(CC(=O)O)NC(=O)C(CCC(=O)O)NC(=O)C(N)CC(C)C)C(=O)O. The Morgan fingerprint density at radius 1 is 0.794 bits per heavy atom. The highest BCUT2D eigenvalue weighted by Crippen LogP contribution is 2.10. The number of carboxylic acid groups (broad SMARTS) is 3. The van der Waals surface area contributed by atoms with Crippen LogP contribution in [0, 0.1) is 11.8 Å². The Morgan fingerprint density at radius 3 is 1.76 bits per heavy atom. The van der Waals surface area contributed by atoms with Crippen LogP contribution in [-0.2, 0) is 28.8 Å². The lowest BCUT2D eigenvalue weighted by molar-refractivity contribution is -0.144. The molecule has 13 nitrogen and oxygen atoms in total. The van der Waals surface area contributed by atoms with E-state index < -0.39 is 78.6 Å². The Kier molecular flexibility index (Phi) is 13.4. The maximum absolute atomic E-state index is 12.8. The molecule has 3 amide bonds. The number of carbonyl (C=O) groups excluding carboxylic acids is 3. The van der Waals surface area contributed by atoms with Gasteiger partial charge in [-0.1, -0.05) is 34.1 Å². The van der Waals surface area contributed by atoms with Crippen molar-refractivity contribution in [1.82, 2.24) is 16.0 Å². The van der Waals surface area contributed by atoms with Crippen molar-refractivity contribution in [2.24, 2.45) is 17.6 Å². The molecule has 0 rings (SSSR count). The third-order valence-corrected chi connectivity index (χ3v) is 5.13. The molecule has 0 aliphatic heterocycles. The van der Waals surface area contributed by atoms with Gasteiger partial charge in [0.05, 0.1) is 12.5 Å². The van der Waals surface area contributed by atoms with Gasteiger partial charge in [-0.15, -0.1) is 0 Å². The van der Waals surface area contributed by atoms with Gasteiger partial charge in [0.2, 0.25) is 17.7 Å².